The van der Waals surface area contributed by atoms with Crippen LogP contribution in [0.1, 0.15) is 47.0 Å². The minimum atomic E-state index is -0.668. The van der Waals surface area contributed by atoms with Crippen LogP contribution in [0.4, 0.5) is 4.79 Å². The highest BCUT2D eigenvalue weighted by molar-refractivity contribution is 6.04. The van der Waals surface area contributed by atoms with E-state index in [1.165, 1.54) is 0 Å². The van der Waals surface area contributed by atoms with Gasteiger partial charge in [0.25, 0.3) is 0 Å². The first-order valence-electron chi connectivity index (χ1n) is 7.87. The molecular formula is C16H25NO5. The SMILES string of the molecule is CCOC(=O)C1CCC2(CCN(C(=O)OC(C)(C)C)C2)C1=O. The van der Waals surface area contributed by atoms with Crippen LogP contribution in [0.2, 0.25) is 0 Å². The van der Waals surface area contributed by atoms with Gasteiger partial charge in [-0.05, 0) is 47.0 Å². The number of carbonyl (C=O) groups is 3. The smallest absolute Gasteiger partial charge is 0.410 e. The van der Waals surface area contributed by atoms with Gasteiger partial charge >= 0.3 is 12.1 Å². The van der Waals surface area contributed by atoms with Gasteiger partial charge in [0.15, 0.2) is 5.78 Å². The molecule has 2 rings (SSSR count). The standard InChI is InChI=1S/C16H25NO5/c1-5-21-13(19)11-6-7-16(12(11)18)8-9-17(10-16)14(20)22-15(2,3)4/h11H,5-10H2,1-4H3. The van der Waals surface area contributed by atoms with Gasteiger partial charge in [-0.25, -0.2) is 4.79 Å². The summed E-state index contributed by atoms with van der Waals surface area (Å²) in [6, 6.07) is 0. The van der Waals surface area contributed by atoms with Gasteiger partial charge in [0.1, 0.15) is 11.5 Å². The summed E-state index contributed by atoms with van der Waals surface area (Å²) in [5.74, 6) is -1.17. The summed E-state index contributed by atoms with van der Waals surface area (Å²) in [5.41, 5.74) is -1.14. The second kappa shape index (κ2) is 5.89. The predicted molar refractivity (Wildman–Crippen MR) is 79.2 cm³/mol. The molecule has 22 heavy (non-hydrogen) atoms. The molecule has 2 atom stereocenters. The molecule has 1 saturated carbocycles. The molecule has 6 nitrogen and oxygen atoms in total. The van der Waals surface area contributed by atoms with Gasteiger partial charge in [0.05, 0.1) is 6.61 Å². The summed E-state index contributed by atoms with van der Waals surface area (Å²) in [4.78, 5) is 38.2. The van der Waals surface area contributed by atoms with Gasteiger partial charge in [-0.15, -0.1) is 0 Å². The van der Waals surface area contributed by atoms with Crippen LogP contribution in [0.25, 0.3) is 0 Å². The largest absolute Gasteiger partial charge is 0.465 e. The molecule has 1 saturated heterocycles. The minimum absolute atomic E-state index is 0.0722. The van der Waals surface area contributed by atoms with E-state index in [0.717, 1.165) is 0 Å². The first-order valence-corrected chi connectivity index (χ1v) is 7.87. The third-order valence-corrected chi connectivity index (χ3v) is 4.33. The summed E-state index contributed by atoms with van der Waals surface area (Å²) < 4.78 is 10.3. The number of ketones is 1. The molecule has 6 heteroatoms. The highest BCUT2D eigenvalue weighted by Gasteiger charge is 2.54. The van der Waals surface area contributed by atoms with Crippen LogP contribution in [0.5, 0.6) is 0 Å². The lowest BCUT2D eigenvalue weighted by Gasteiger charge is -2.26. The first kappa shape index (κ1) is 16.8. The Morgan fingerprint density at radius 2 is 2.00 bits per heavy atom. The third kappa shape index (κ3) is 3.25. The predicted octanol–water partition coefficient (Wildman–Crippen LogP) is 2.16. The Morgan fingerprint density at radius 1 is 1.32 bits per heavy atom. The van der Waals surface area contributed by atoms with Crippen molar-refractivity contribution in [3.05, 3.63) is 0 Å². The second-order valence-electron chi connectivity index (χ2n) is 7.14. The van der Waals surface area contributed by atoms with Crippen LogP contribution in [0, 0.1) is 11.3 Å². The quantitative estimate of drug-likeness (QED) is 0.577. The maximum Gasteiger partial charge on any atom is 0.410 e. The topological polar surface area (TPSA) is 72.9 Å². The molecule has 1 spiro atoms. The Labute approximate surface area is 131 Å². The second-order valence-corrected chi connectivity index (χ2v) is 7.14. The van der Waals surface area contributed by atoms with Crippen LogP contribution < -0.4 is 0 Å². The van der Waals surface area contributed by atoms with Crippen molar-refractivity contribution in [1.82, 2.24) is 4.90 Å². The number of Topliss-reactive ketones (excluding diaryl/α,β-unsaturated/α-hetero) is 1. The van der Waals surface area contributed by atoms with Crippen LogP contribution >= 0.6 is 0 Å². The van der Waals surface area contributed by atoms with Crippen LogP contribution in [0.15, 0.2) is 0 Å². The molecule has 0 aromatic rings. The number of rotatable bonds is 2. The Kier molecular flexibility index (Phi) is 4.49. The lowest BCUT2D eigenvalue weighted by atomic mass is 9.83. The molecule has 0 N–H and O–H groups in total. The molecule has 1 aliphatic carbocycles. The molecule has 0 aromatic heterocycles. The van der Waals surface area contributed by atoms with Crippen molar-refractivity contribution in [2.45, 2.75) is 52.6 Å². The zero-order valence-electron chi connectivity index (χ0n) is 13.8. The third-order valence-electron chi connectivity index (χ3n) is 4.33. The average molecular weight is 311 g/mol. The van der Waals surface area contributed by atoms with Crippen molar-refractivity contribution in [2.24, 2.45) is 11.3 Å². The van der Waals surface area contributed by atoms with E-state index in [1.807, 2.05) is 20.8 Å². The number of esters is 1. The van der Waals surface area contributed by atoms with Crippen molar-refractivity contribution in [3.8, 4) is 0 Å². The lowest BCUT2D eigenvalue weighted by Crippen LogP contribution is -2.39. The Hall–Kier alpha value is -1.59. The molecule has 1 heterocycles. The number of likely N-dealkylation sites (tertiary alicyclic amines) is 1. The monoisotopic (exact) mass is 311 g/mol. The van der Waals surface area contributed by atoms with E-state index in [4.69, 9.17) is 9.47 Å². The molecule has 2 aliphatic rings. The highest BCUT2D eigenvalue weighted by Crippen LogP contribution is 2.45. The maximum absolute atomic E-state index is 12.6. The minimum Gasteiger partial charge on any atom is -0.465 e. The lowest BCUT2D eigenvalue weighted by molar-refractivity contribution is -0.151. The summed E-state index contributed by atoms with van der Waals surface area (Å²) in [6.45, 7) is 8.29. The van der Waals surface area contributed by atoms with E-state index < -0.39 is 29.0 Å². The summed E-state index contributed by atoms with van der Waals surface area (Å²) in [5, 5.41) is 0. The molecule has 2 unspecified atom stereocenters. The van der Waals surface area contributed by atoms with Gasteiger partial charge in [-0.2, -0.15) is 0 Å². The van der Waals surface area contributed by atoms with Crippen molar-refractivity contribution < 1.29 is 23.9 Å². The van der Waals surface area contributed by atoms with E-state index in [9.17, 15) is 14.4 Å². The normalized spacial score (nSPS) is 28.3. The zero-order chi connectivity index (χ0) is 16.5. The average Bonchev–Trinajstić information content (AvgIpc) is 2.95. The fourth-order valence-corrected chi connectivity index (χ4v) is 3.27. The Balaban J connectivity index is 2.01. The fourth-order valence-electron chi connectivity index (χ4n) is 3.27. The number of carbonyl (C=O) groups excluding carboxylic acids is 3. The van der Waals surface area contributed by atoms with Gasteiger partial charge < -0.3 is 14.4 Å². The van der Waals surface area contributed by atoms with Crippen LogP contribution in [-0.2, 0) is 19.1 Å². The van der Waals surface area contributed by atoms with E-state index >= 15 is 0 Å². The van der Waals surface area contributed by atoms with Crippen molar-refractivity contribution >= 4 is 17.8 Å². The highest BCUT2D eigenvalue weighted by atomic mass is 16.6. The number of ether oxygens (including phenoxy) is 2. The Morgan fingerprint density at radius 3 is 2.59 bits per heavy atom. The van der Waals surface area contributed by atoms with Crippen molar-refractivity contribution in [2.75, 3.05) is 19.7 Å². The molecule has 1 amide bonds. The Bertz CT molecular complexity index is 481. The molecule has 2 fully saturated rings. The molecule has 124 valence electrons. The van der Waals surface area contributed by atoms with E-state index in [0.29, 0.717) is 32.4 Å². The van der Waals surface area contributed by atoms with Gasteiger partial charge in [-0.1, -0.05) is 0 Å². The molecule has 1 aliphatic heterocycles. The molecular weight excluding hydrogens is 286 g/mol. The zero-order valence-corrected chi connectivity index (χ0v) is 13.8. The van der Waals surface area contributed by atoms with E-state index in [2.05, 4.69) is 0 Å². The molecule has 0 aromatic carbocycles. The van der Waals surface area contributed by atoms with Gasteiger partial charge in [-0.3, -0.25) is 9.59 Å². The maximum atomic E-state index is 12.6. The van der Waals surface area contributed by atoms with Gasteiger partial charge in [0.2, 0.25) is 0 Å². The summed E-state index contributed by atoms with van der Waals surface area (Å²) in [7, 11) is 0. The summed E-state index contributed by atoms with van der Waals surface area (Å²) in [6.07, 6.45) is 1.35. The van der Waals surface area contributed by atoms with E-state index in [-0.39, 0.29) is 12.4 Å². The van der Waals surface area contributed by atoms with Crippen LogP contribution in [-0.4, -0.2) is 48.0 Å². The number of amides is 1. The molecule has 0 radical (unpaired) electrons. The number of hydrogen-bond donors (Lipinski definition) is 0. The fraction of sp³-hybridized carbons (Fsp3) is 0.812. The molecule has 0 bridgehead atoms. The summed E-state index contributed by atoms with van der Waals surface area (Å²) >= 11 is 0. The van der Waals surface area contributed by atoms with Crippen molar-refractivity contribution in [1.29, 1.82) is 0 Å². The first-order chi connectivity index (χ1) is 10.2. The van der Waals surface area contributed by atoms with Gasteiger partial charge in [0, 0.05) is 18.5 Å². The number of nitrogens with zero attached hydrogens (tertiary/aromatic N) is 1. The number of hydrogen-bond acceptors (Lipinski definition) is 5. The van der Waals surface area contributed by atoms with Crippen molar-refractivity contribution in [3.63, 3.8) is 0 Å². The van der Waals surface area contributed by atoms with Crippen LogP contribution in [0.3, 0.4) is 0 Å². The van der Waals surface area contributed by atoms with E-state index in [1.54, 1.807) is 11.8 Å².